The smallest absolute Gasteiger partial charge is 0.169 e. The van der Waals surface area contributed by atoms with Crippen molar-refractivity contribution in [3.8, 4) is 5.75 Å². The molecule has 1 aromatic rings. The summed E-state index contributed by atoms with van der Waals surface area (Å²) in [7, 11) is 0. The standard InChI is InChI=1S/C16H23N3OS/c1-2-17-16(21)19-8-6-18(7-9-19)12-13-3-4-15-14(11-13)5-10-20-15/h3-4,11H,2,5-10,12H2,1H3,(H,17,21). The summed E-state index contributed by atoms with van der Waals surface area (Å²) in [5, 5.41) is 4.13. The molecule has 114 valence electrons. The quantitative estimate of drug-likeness (QED) is 0.857. The van der Waals surface area contributed by atoms with E-state index >= 15 is 0 Å². The van der Waals surface area contributed by atoms with Gasteiger partial charge in [-0.05, 0) is 36.3 Å². The highest BCUT2D eigenvalue weighted by atomic mass is 32.1. The Morgan fingerprint density at radius 3 is 2.86 bits per heavy atom. The van der Waals surface area contributed by atoms with E-state index in [2.05, 4.69) is 40.2 Å². The molecule has 0 amide bonds. The largest absolute Gasteiger partial charge is 0.493 e. The van der Waals surface area contributed by atoms with E-state index in [1.165, 1.54) is 11.1 Å². The topological polar surface area (TPSA) is 27.7 Å². The number of piperazine rings is 1. The molecule has 4 nitrogen and oxygen atoms in total. The van der Waals surface area contributed by atoms with E-state index < -0.39 is 0 Å². The zero-order valence-corrected chi connectivity index (χ0v) is 13.4. The highest BCUT2D eigenvalue weighted by molar-refractivity contribution is 7.80. The molecule has 2 aliphatic heterocycles. The first-order valence-electron chi connectivity index (χ1n) is 7.76. The molecule has 1 fully saturated rings. The van der Waals surface area contributed by atoms with Gasteiger partial charge in [-0.2, -0.15) is 0 Å². The molecule has 0 spiro atoms. The maximum Gasteiger partial charge on any atom is 0.169 e. The Hall–Kier alpha value is -1.33. The molecule has 0 bridgehead atoms. The Balaban J connectivity index is 1.52. The number of benzene rings is 1. The molecule has 3 rings (SSSR count). The third-order valence-corrected chi connectivity index (χ3v) is 4.55. The van der Waals surface area contributed by atoms with E-state index in [0.717, 1.165) is 63.2 Å². The molecular weight excluding hydrogens is 282 g/mol. The molecule has 2 heterocycles. The SMILES string of the molecule is CCNC(=S)N1CCN(Cc2ccc3c(c2)CCO3)CC1. The minimum atomic E-state index is 0.833. The zero-order valence-electron chi connectivity index (χ0n) is 12.6. The first kappa shape index (κ1) is 14.6. The Bertz CT molecular complexity index is 512. The molecular formula is C16H23N3OS. The molecule has 0 unspecified atom stereocenters. The average Bonchev–Trinajstić information content (AvgIpc) is 2.96. The second-order valence-corrected chi connectivity index (χ2v) is 6.03. The third kappa shape index (κ3) is 3.47. The minimum absolute atomic E-state index is 0.833. The molecule has 21 heavy (non-hydrogen) atoms. The van der Waals surface area contributed by atoms with Gasteiger partial charge in [0, 0.05) is 45.7 Å². The lowest BCUT2D eigenvalue weighted by atomic mass is 10.1. The van der Waals surface area contributed by atoms with Gasteiger partial charge in [0.2, 0.25) is 0 Å². The summed E-state index contributed by atoms with van der Waals surface area (Å²) in [4.78, 5) is 4.77. The van der Waals surface area contributed by atoms with Crippen LogP contribution in [0.1, 0.15) is 18.1 Å². The van der Waals surface area contributed by atoms with Crippen molar-refractivity contribution in [2.45, 2.75) is 19.9 Å². The average molecular weight is 305 g/mol. The molecule has 0 atom stereocenters. The fraction of sp³-hybridized carbons (Fsp3) is 0.562. The van der Waals surface area contributed by atoms with Crippen LogP contribution >= 0.6 is 12.2 Å². The predicted octanol–water partition coefficient (Wildman–Crippen LogP) is 1.63. The van der Waals surface area contributed by atoms with Crippen LogP contribution in [0.15, 0.2) is 18.2 Å². The van der Waals surface area contributed by atoms with Gasteiger partial charge in [0.1, 0.15) is 5.75 Å². The summed E-state index contributed by atoms with van der Waals surface area (Å²) in [5.74, 6) is 1.07. The minimum Gasteiger partial charge on any atom is -0.493 e. The van der Waals surface area contributed by atoms with E-state index in [9.17, 15) is 0 Å². The van der Waals surface area contributed by atoms with Crippen LogP contribution in [0.25, 0.3) is 0 Å². The monoisotopic (exact) mass is 305 g/mol. The van der Waals surface area contributed by atoms with Crippen molar-refractivity contribution >= 4 is 17.3 Å². The lowest BCUT2D eigenvalue weighted by molar-refractivity contribution is 0.174. The van der Waals surface area contributed by atoms with Gasteiger partial charge in [-0.15, -0.1) is 0 Å². The molecule has 0 aromatic heterocycles. The van der Waals surface area contributed by atoms with Gasteiger partial charge < -0.3 is 15.0 Å². The summed E-state index contributed by atoms with van der Waals surface area (Å²) in [6, 6.07) is 6.62. The van der Waals surface area contributed by atoms with Gasteiger partial charge in [-0.3, -0.25) is 4.90 Å². The van der Waals surface area contributed by atoms with Crippen molar-refractivity contribution in [1.82, 2.24) is 15.1 Å². The molecule has 0 saturated carbocycles. The van der Waals surface area contributed by atoms with Crippen LogP contribution in [-0.2, 0) is 13.0 Å². The maximum absolute atomic E-state index is 5.57. The fourth-order valence-electron chi connectivity index (χ4n) is 2.97. The highest BCUT2D eigenvalue weighted by Gasteiger charge is 2.19. The molecule has 1 N–H and O–H groups in total. The van der Waals surface area contributed by atoms with E-state index in [-0.39, 0.29) is 0 Å². The van der Waals surface area contributed by atoms with E-state index in [1.807, 2.05) is 0 Å². The van der Waals surface area contributed by atoms with Crippen molar-refractivity contribution < 1.29 is 4.74 Å². The van der Waals surface area contributed by atoms with Crippen molar-refractivity contribution in [3.63, 3.8) is 0 Å². The molecule has 0 radical (unpaired) electrons. The Labute approximate surface area is 132 Å². The third-order valence-electron chi connectivity index (χ3n) is 4.15. The number of nitrogens with zero attached hydrogens (tertiary/aromatic N) is 2. The number of fused-ring (bicyclic) bond motifs is 1. The molecule has 1 aromatic carbocycles. The van der Waals surface area contributed by atoms with Crippen molar-refractivity contribution in [2.75, 3.05) is 39.3 Å². The highest BCUT2D eigenvalue weighted by Crippen LogP contribution is 2.26. The summed E-state index contributed by atoms with van der Waals surface area (Å²) in [5.41, 5.74) is 2.75. The first-order chi connectivity index (χ1) is 10.3. The lowest BCUT2D eigenvalue weighted by Crippen LogP contribution is -2.51. The molecule has 1 saturated heterocycles. The van der Waals surface area contributed by atoms with Crippen LogP contribution in [-0.4, -0.2) is 54.2 Å². The van der Waals surface area contributed by atoms with E-state index in [0.29, 0.717) is 0 Å². The van der Waals surface area contributed by atoms with Crippen LogP contribution in [0.4, 0.5) is 0 Å². The van der Waals surface area contributed by atoms with Crippen LogP contribution in [0, 0.1) is 0 Å². The fourth-order valence-corrected chi connectivity index (χ4v) is 3.30. The van der Waals surface area contributed by atoms with E-state index in [1.54, 1.807) is 0 Å². The normalized spacial score (nSPS) is 18.2. The van der Waals surface area contributed by atoms with Gasteiger partial charge in [0.25, 0.3) is 0 Å². The van der Waals surface area contributed by atoms with Crippen LogP contribution in [0.3, 0.4) is 0 Å². The van der Waals surface area contributed by atoms with Crippen LogP contribution in [0.2, 0.25) is 0 Å². The Morgan fingerprint density at radius 1 is 1.29 bits per heavy atom. The van der Waals surface area contributed by atoms with E-state index in [4.69, 9.17) is 17.0 Å². The van der Waals surface area contributed by atoms with Crippen LogP contribution < -0.4 is 10.1 Å². The molecule has 5 heteroatoms. The maximum atomic E-state index is 5.57. The number of hydrogen-bond acceptors (Lipinski definition) is 3. The van der Waals surface area contributed by atoms with Gasteiger partial charge in [0.15, 0.2) is 5.11 Å². The zero-order chi connectivity index (χ0) is 14.7. The molecule has 0 aliphatic carbocycles. The second-order valence-electron chi connectivity index (χ2n) is 5.64. The van der Waals surface area contributed by atoms with Crippen molar-refractivity contribution in [3.05, 3.63) is 29.3 Å². The van der Waals surface area contributed by atoms with Crippen molar-refractivity contribution in [1.29, 1.82) is 0 Å². The van der Waals surface area contributed by atoms with Gasteiger partial charge in [0.05, 0.1) is 6.61 Å². The Kier molecular flexibility index (Phi) is 4.60. The number of nitrogens with one attached hydrogen (secondary N) is 1. The van der Waals surface area contributed by atoms with Gasteiger partial charge >= 0.3 is 0 Å². The van der Waals surface area contributed by atoms with Gasteiger partial charge in [-0.1, -0.05) is 12.1 Å². The first-order valence-corrected chi connectivity index (χ1v) is 8.17. The Morgan fingerprint density at radius 2 is 2.10 bits per heavy atom. The van der Waals surface area contributed by atoms with Crippen LogP contribution in [0.5, 0.6) is 5.75 Å². The number of thiocarbonyl (C=S) groups is 1. The summed E-state index contributed by atoms with van der Waals surface area (Å²) < 4.78 is 5.57. The summed E-state index contributed by atoms with van der Waals surface area (Å²) in [6.45, 7) is 9.00. The second kappa shape index (κ2) is 6.62. The number of hydrogen-bond donors (Lipinski definition) is 1. The summed E-state index contributed by atoms with van der Waals surface area (Å²) in [6.07, 6.45) is 1.05. The number of ether oxygens (including phenoxy) is 1. The number of rotatable bonds is 3. The molecule has 2 aliphatic rings. The van der Waals surface area contributed by atoms with Gasteiger partial charge in [-0.25, -0.2) is 0 Å². The predicted molar refractivity (Wildman–Crippen MR) is 88.8 cm³/mol. The van der Waals surface area contributed by atoms with Crippen molar-refractivity contribution in [2.24, 2.45) is 0 Å². The lowest BCUT2D eigenvalue weighted by Gasteiger charge is -2.36. The summed E-state index contributed by atoms with van der Waals surface area (Å²) >= 11 is 5.38.